The van der Waals surface area contributed by atoms with E-state index in [1.165, 1.54) is 10.9 Å². The summed E-state index contributed by atoms with van der Waals surface area (Å²) in [6, 6.07) is 15.4. The molecule has 0 spiro atoms. The average Bonchev–Trinajstić information content (AvgIpc) is 3.89. The number of phosphoric acid groups is 2. The highest BCUT2D eigenvalue weighted by Crippen LogP contribution is 2.66. The number of carbonyl (C=O) groups is 3. The molecule has 74 heavy (non-hydrogen) atoms. The number of aliphatic hydroxyl groups is 1. The van der Waals surface area contributed by atoms with Crippen LogP contribution in [0.1, 0.15) is 54.4 Å². The number of nitrogen functional groups attached to an aromatic ring is 1. The Bertz CT molecular complexity index is 3260. The molecule has 2 aromatic heterocycles. The smallest absolute Gasteiger partial charge is 0.456 e. The number of nitrogens with zero attached hydrogens (tertiary/aromatic N) is 6. The van der Waals surface area contributed by atoms with Crippen molar-refractivity contribution < 1.29 is 75.2 Å². The fourth-order valence-corrected chi connectivity index (χ4v) is 12.0. The molecular weight excluding hydrogens is 1050 g/mol. The Kier molecular flexibility index (Phi) is 17.7. The van der Waals surface area contributed by atoms with Crippen molar-refractivity contribution in [3.8, 4) is 22.5 Å². The van der Waals surface area contributed by atoms with E-state index >= 15 is 0 Å². The molecule has 1 fully saturated rings. The lowest BCUT2D eigenvalue weighted by atomic mass is 9.89. The van der Waals surface area contributed by atoms with Gasteiger partial charge in [0, 0.05) is 86.1 Å². The number of alkyl carbamates (subject to hydrolysis) is 1. The van der Waals surface area contributed by atoms with E-state index in [0.717, 1.165) is 51.6 Å². The number of aliphatic hydroxyl groups excluding tert-OH is 1. The van der Waals surface area contributed by atoms with Crippen molar-refractivity contribution in [2.45, 2.75) is 65.1 Å². The van der Waals surface area contributed by atoms with Crippen LogP contribution in [0.3, 0.4) is 0 Å². The first-order chi connectivity index (χ1) is 35.0. The van der Waals surface area contributed by atoms with Crippen LogP contribution in [0.4, 0.5) is 16.3 Å². The molecule has 26 nitrogen and oxygen atoms in total. The fourth-order valence-electron chi connectivity index (χ4n) is 8.23. The number of aromatic nitrogens is 4. The van der Waals surface area contributed by atoms with Crippen molar-refractivity contribution in [3.63, 3.8) is 0 Å². The largest absolute Gasteiger partial charge is 0.488 e. The summed E-state index contributed by atoms with van der Waals surface area (Å²) in [5, 5.41) is 21.4. The molecule has 0 bridgehead atoms. The summed E-state index contributed by atoms with van der Waals surface area (Å²) < 4.78 is 56.2. The number of hydrogen-bond acceptors (Lipinski definition) is 19. The monoisotopic (exact) mass is 1100 g/mol. The van der Waals surface area contributed by atoms with Crippen molar-refractivity contribution in [2.24, 2.45) is 4.99 Å². The number of amides is 3. The van der Waals surface area contributed by atoms with Crippen LogP contribution >= 0.6 is 22.4 Å². The van der Waals surface area contributed by atoms with Crippen LogP contribution in [-0.2, 0) is 48.4 Å². The molecule has 4 heterocycles. The van der Waals surface area contributed by atoms with E-state index in [1.807, 2.05) is 58.0 Å². The van der Waals surface area contributed by atoms with E-state index in [1.54, 1.807) is 24.1 Å². The molecule has 10 N–H and O–H groups in total. The molecule has 1 aliphatic carbocycles. The molecule has 2 aromatic carbocycles. The van der Waals surface area contributed by atoms with Gasteiger partial charge < -0.3 is 65.2 Å². The number of benzene rings is 3. The summed E-state index contributed by atoms with van der Waals surface area (Å²) in [6.45, 7) is 3.46. The van der Waals surface area contributed by atoms with Crippen LogP contribution in [0.15, 0.2) is 70.6 Å². The van der Waals surface area contributed by atoms with E-state index in [4.69, 9.17) is 24.1 Å². The number of rotatable bonds is 21. The summed E-state index contributed by atoms with van der Waals surface area (Å²) in [5.41, 5.74) is 12.5. The molecule has 4 aromatic rings. The Morgan fingerprint density at radius 2 is 1.70 bits per heavy atom. The van der Waals surface area contributed by atoms with E-state index in [9.17, 15) is 48.2 Å². The molecule has 398 valence electrons. The van der Waals surface area contributed by atoms with E-state index in [-0.39, 0.29) is 54.9 Å². The number of aryl methyl sites for hydroxylation is 2. The SMILES string of the molecule is CCN=c1cc2oc3cc(NCC)c(C)cc3c(-c3ccccc3C(=O)N(C)CCCC(=O)NCCNC(=O)O[C@@H]3[C@H](O)[C@@H](COP(=O)(O)OP(=O)(O)OP(O)(O)=S)O[C@H]3n3cnc4c(N)ncnc43)c-2cc1C. The number of nitrogens with two attached hydrogens (primary N) is 1. The Morgan fingerprint density at radius 3 is 2.43 bits per heavy atom. The van der Waals surface area contributed by atoms with Crippen molar-refractivity contribution in [1.29, 1.82) is 0 Å². The maximum Gasteiger partial charge on any atom is 0.488 e. The predicted molar refractivity (Wildman–Crippen MR) is 272 cm³/mol. The lowest BCUT2D eigenvalue weighted by molar-refractivity contribution is -0.121. The molecule has 0 saturated carbocycles. The van der Waals surface area contributed by atoms with Gasteiger partial charge in [0.05, 0.1) is 18.3 Å². The van der Waals surface area contributed by atoms with E-state index in [0.29, 0.717) is 35.4 Å². The molecule has 7 rings (SSSR count). The minimum absolute atomic E-state index is 0.0257. The zero-order chi connectivity index (χ0) is 53.7. The first kappa shape index (κ1) is 56.0. The molecular formula is C44H55N10O16P3S. The number of carbonyl (C=O) groups excluding carboxylic acids is 3. The second-order valence-electron chi connectivity index (χ2n) is 16.8. The molecule has 2 aliphatic heterocycles. The van der Waals surface area contributed by atoms with Crippen molar-refractivity contribution in [3.05, 3.63) is 83.2 Å². The fraction of sp³-hybridized carbons (Fsp3) is 0.386. The highest BCUT2D eigenvalue weighted by atomic mass is 32.5. The number of hydrogen-bond donors (Lipinski definition) is 9. The van der Waals surface area contributed by atoms with Gasteiger partial charge in [0.15, 0.2) is 23.8 Å². The van der Waals surface area contributed by atoms with Crippen LogP contribution in [0.2, 0.25) is 0 Å². The second-order valence-corrected chi connectivity index (χ2v) is 22.7. The Hall–Kier alpha value is -5.76. The number of phosphoric ester groups is 1. The van der Waals surface area contributed by atoms with Crippen molar-refractivity contribution >= 4 is 85.7 Å². The number of fused-ring (bicyclic) bond motifs is 3. The zero-order valence-electron chi connectivity index (χ0n) is 40.5. The maximum absolute atomic E-state index is 14.3. The molecule has 3 aliphatic rings. The van der Waals surface area contributed by atoms with Crippen molar-refractivity contribution in [1.82, 2.24) is 35.1 Å². The molecule has 3 amide bonds. The van der Waals surface area contributed by atoms with Gasteiger partial charge >= 0.3 is 28.5 Å². The number of nitrogens with one attached hydrogen (secondary N) is 3. The summed E-state index contributed by atoms with van der Waals surface area (Å²) in [4.78, 5) is 96.7. The second kappa shape index (κ2) is 23.4. The normalized spacial score (nSPS) is 18.8. The third-order valence-corrected chi connectivity index (χ3v) is 15.9. The van der Waals surface area contributed by atoms with Gasteiger partial charge in [-0.3, -0.25) is 23.7 Å². The van der Waals surface area contributed by atoms with Gasteiger partial charge in [-0.1, -0.05) is 18.2 Å². The molecule has 2 unspecified atom stereocenters. The van der Waals surface area contributed by atoms with Gasteiger partial charge in [-0.25, -0.2) is 33.2 Å². The lowest BCUT2D eigenvalue weighted by Gasteiger charge is -2.22. The molecule has 0 radical (unpaired) electrons. The molecule has 1 saturated heterocycles. The number of ether oxygens (including phenoxy) is 2. The van der Waals surface area contributed by atoms with Gasteiger partial charge in [0.1, 0.15) is 35.4 Å². The predicted octanol–water partition coefficient (Wildman–Crippen LogP) is 4.38. The standard InChI is InChI=1S/C44H55N10O16P3S/c1-6-46-30-19-32-28(17-24(30)3)36(29-18-25(4)31(47-7-2)20-33(29)66-32)26-11-8-9-12-27(26)42(57)53(5)16-10-13-35(55)48-14-15-49-44(58)68-39-38(56)34(21-65-71(59,60)69-72(61,62)70-73(63,64)74)67-43(39)54-23-52-37-40(45)50-22-51-41(37)54/h8-9,11-12,17-20,22-23,34,38-39,43,46,56H,6-7,10,13-16,21H2,1-5H3,(H,48,55)(H,49,58)(H,59,60)(H,61,62)(H2,45,50,51)(H2,63,64,74)/t34-,38-,39-,43-/m1/s1. The first-order valence-corrected chi connectivity index (χ1v) is 28.5. The third kappa shape index (κ3) is 13.4. The average molecular weight is 1100 g/mol. The summed E-state index contributed by atoms with van der Waals surface area (Å²) in [5.74, 6) is -0.0222. The highest BCUT2D eigenvalue weighted by Gasteiger charge is 2.49. The maximum atomic E-state index is 14.3. The quantitative estimate of drug-likeness (QED) is 0.0274. The van der Waals surface area contributed by atoms with Gasteiger partial charge in [0.25, 0.3) is 5.91 Å². The van der Waals surface area contributed by atoms with Crippen LogP contribution < -0.4 is 27.0 Å². The summed E-state index contributed by atoms with van der Waals surface area (Å²) in [7, 11) is -9.55. The topological polar surface area (TPSA) is 367 Å². The van der Waals surface area contributed by atoms with Crippen molar-refractivity contribution in [2.75, 3.05) is 57.4 Å². The zero-order valence-corrected chi connectivity index (χ0v) is 44.0. The van der Waals surface area contributed by atoms with E-state index < -0.39 is 59.6 Å². The minimum atomic E-state index is -5.66. The third-order valence-electron chi connectivity index (χ3n) is 11.5. The summed E-state index contributed by atoms with van der Waals surface area (Å²) in [6.07, 6.45) is -4.95. The first-order valence-electron chi connectivity index (χ1n) is 22.9. The van der Waals surface area contributed by atoms with Gasteiger partial charge in [0.2, 0.25) is 5.91 Å². The van der Waals surface area contributed by atoms with Gasteiger partial charge in [-0.15, -0.1) is 0 Å². The highest BCUT2D eigenvalue weighted by molar-refractivity contribution is 8.08. The lowest BCUT2D eigenvalue weighted by Crippen LogP contribution is -2.41. The Labute approximate surface area is 427 Å². The van der Waals surface area contributed by atoms with Crippen LogP contribution in [0.25, 0.3) is 44.6 Å². The molecule has 6 atom stereocenters. The van der Waals surface area contributed by atoms with Gasteiger partial charge in [-0.2, -0.15) is 4.31 Å². The van der Waals surface area contributed by atoms with Crippen LogP contribution in [0, 0.1) is 13.8 Å². The number of imidazole rings is 1. The number of anilines is 2. The van der Waals surface area contributed by atoms with Crippen LogP contribution in [0.5, 0.6) is 0 Å². The summed E-state index contributed by atoms with van der Waals surface area (Å²) >= 11 is 4.09. The minimum Gasteiger partial charge on any atom is -0.456 e. The van der Waals surface area contributed by atoms with E-state index in [2.05, 4.69) is 62.4 Å². The molecule has 30 heteroatoms. The van der Waals surface area contributed by atoms with Gasteiger partial charge in [-0.05, 0) is 80.8 Å². The Balaban J connectivity index is 0.956. The Morgan fingerprint density at radius 1 is 0.959 bits per heavy atom. The van der Waals surface area contributed by atoms with Crippen LogP contribution in [-0.4, -0.2) is 132 Å².